The smallest absolute Gasteiger partial charge is 0.321 e. The van der Waals surface area contributed by atoms with E-state index in [4.69, 9.17) is 0 Å². The number of urea groups is 1. The maximum absolute atomic E-state index is 12.6. The Hall–Kier alpha value is -2.04. The molecule has 5 nitrogen and oxygen atoms in total. The zero-order valence-corrected chi connectivity index (χ0v) is 15.0. The van der Waals surface area contributed by atoms with Gasteiger partial charge in [0.2, 0.25) is 5.91 Å². The van der Waals surface area contributed by atoms with Gasteiger partial charge in [-0.05, 0) is 57.6 Å². The van der Waals surface area contributed by atoms with Crippen molar-refractivity contribution in [3.63, 3.8) is 0 Å². The van der Waals surface area contributed by atoms with E-state index in [2.05, 4.69) is 10.6 Å². The third-order valence-corrected chi connectivity index (χ3v) is 5.66. The van der Waals surface area contributed by atoms with Gasteiger partial charge in [-0.2, -0.15) is 0 Å². The lowest BCUT2D eigenvalue weighted by atomic mass is 9.68. The van der Waals surface area contributed by atoms with Crippen LogP contribution in [0.3, 0.4) is 0 Å². The average molecular weight is 329 g/mol. The van der Waals surface area contributed by atoms with Gasteiger partial charge in [0.1, 0.15) is 0 Å². The number of aryl methyl sites for hydroxylation is 2. The number of nitrogens with zero attached hydrogens (tertiary/aromatic N) is 1. The van der Waals surface area contributed by atoms with Crippen molar-refractivity contribution in [2.45, 2.75) is 46.6 Å². The van der Waals surface area contributed by atoms with Gasteiger partial charge in [0.05, 0.1) is 5.41 Å². The molecule has 0 radical (unpaired) electrons. The first-order chi connectivity index (χ1) is 11.3. The number of rotatable bonds is 2. The number of likely N-dealkylation sites (tertiary alicyclic amines) is 1. The number of nitrogens with one attached hydrogen (secondary N) is 2. The predicted octanol–water partition coefficient (Wildman–Crippen LogP) is 3.07. The second-order valence-corrected chi connectivity index (χ2v) is 7.69. The van der Waals surface area contributed by atoms with Crippen molar-refractivity contribution in [1.82, 2.24) is 10.2 Å². The van der Waals surface area contributed by atoms with Crippen molar-refractivity contribution in [3.8, 4) is 0 Å². The molecule has 2 saturated heterocycles. The topological polar surface area (TPSA) is 61.4 Å². The number of para-hydroxylation sites is 1. The van der Waals surface area contributed by atoms with Crippen LogP contribution >= 0.6 is 0 Å². The number of β-lactam (4-membered cyclic amide) rings is 1. The quantitative estimate of drug-likeness (QED) is 0.819. The lowest BCUT2D eigenvalue weighted by molar-refractivity contribution is -0.146. The van der Waals surface area contributed by atoms with Gasteiger partial charge in [0.25, 0.3) is 0 Å². The van der Waals surface area contributed by atoms with Crippen LogP contribution in [0.15, 0.2) is 18.2 Å². The number of hydrogen-bond acceptors (Lipinski definition) is 2. The lowest BCUT2D eigenvalue weighted by Gasteiger charge is -2.50. The number of anilines is 1. The van der Waals surface area contributed by atoms with Crippen LogP contribution in [0, 0.1) is 25.2 Å². The molecule has 0 bridgehead atoms. The molecule has 0 spiro atoms. The minimum absolute atomic E-state index is 0.0252. The molecule has 3 rings (SSSR count). The van der Waals surface area contributed by atoms with Gasteiger partial charge in [-0.3, -0.25) is 4.79 Å². The fourth-order valence-corrected chi connectivity index (χ4v) is 3.91. The summed E-state index contributed by atoms with van der Waals surface area (Å²) >= 11 is 0. The molecular formula is C19H27N3O2. The summed E-state index contributed by atoms with van der Waals surface area (Å²) in [7, 11) is 0. The zero-order chi connectivity index (χ0) is 17.5. The van der Waals surface area contributed by atoms with E-state index < -0.39 is 0 Å². The Morgan fingerprint density at radius 3 is 2.29 bits per heavy atom. The summed E-state index contributed by atoms with van der Waals surface area (Å²) in [5, 5.41) is 6.10. The summed E-state index contributed by atoms with van der Waals surface area (Å²) in [6.45, 7) is 9.52. The van der Waals surface area contributed by atoms with Crippen molar-refractivity contribution in [2.24, 2.45) is 11.3 Å². The van der Waals surface area contributed by atoms with Gasteiger partial charge >= 0.3 is 6.03 Å². The van der Waals surface area contributed by atoms with E-state index in [0.29, 0.717) is 5.92 Å². The number of benzene rings is 1. The first-order valence-electron chi connectivity index (χ1n) is 8.74. The highest BCUT2D eigenvalue weighted by Crippen LogP contribution is 2.38. The molecule has 1 aromatic rings. The maximum Gasteiger partial charge on any atom is 0.321 e. The maximum atomic E-state index is 12.6. The Kier molecular flexibility index (Phi) is 4.28. The van der Waals surface area contributed by atoms with Crippen molar-refractivity contribution in [2.75, 3.05) is 18.4 Å². The van der Waals surface area contributed by atoms with Crippen LogP contribution in [-0.2, 0) is 4.79 Å². The van der Waals surface area contributed by atoms with Crippen molar-refractivity contribution < 1.29 is 9.59 Å². The summed E-state index contributed by atoms with van der Waals surface area (Å²) in [6.07, 6.45) is 1.88. The molecule has 3 amide bonds. The van der Waals surface area contributed by atoms with Gasteiger partial charge < -0.3 is 15.5 Å². The number of carbonyl (C=O) groups is 2. The SMILES string of the molecule is Cc1cccc(C)c1NC(=O)N1CCC(C2NC(=O)C2(C)C)CC1. The molecule has 2 aliphatic heterocycles. The Morgan fingerprint density at radius 1 is 1.21 bits per heavy atom. The third kappa shape index (κ3) is 2.87. The third-order valence-electron chi connectivity index (χ3n) is 5.66. The molecule has 1 aromatic carbocycles. The average Bonchev–Trinajstić information content (AvgIpc) is 2.56. The Morgan fingerprint density at radius 2 is 1.79 bits per heavy atom. The van der Waals surface area contributed by atoms with Crippen LogP contribution < -0.4 is 10.6 Å². The highest BCUT2D eigenvalue weighted by molar-refractivity contribution is 5.91. The number of amides is 3. The zero-order valence-electron chi connectivity index (χ0n) is 15.0. The molecule has 2 aliphatic rings. The number of hydrogen-bond donors (Lipinski definition) is 2. The molecule has 2 N–H and O–H groups in total. The van der Waals surface area contributed by atoms with Gasteiger partial charge in [0, 0.05) is 24.8 Å². The minimum atomic E-state index is -0.270. The first kappa shape index (κ1) is 16.8. The second-order valence-electron chi connectivity index (χ2n) is 7.69. The van der Waals surface area contributed by atoms with Crippen LogP contribution in [0.2, 0.25) is 0 Å². The Bertz CT molecular complexity index is 640. The fraction of sp³-hybridized carbons (Fsp3) is 0.579. The lowest BCUT2D eigenvalue weighted by Crippen LogP contribution is -2.68. The summed E-state index contributed by atoms with van der Waals surface area (Å²) in [5.41, 5.74) is 2.80. The molecule has 130 valence electrons. The standard InChI is InChI=1S/C19H27N3O2/c1-12-6-5-7-13(2)15(12)20-18(24)22-10-8-14(9-11-22)16-19(3,4)17(23)21-16/h5-7,14,16H,8-11H2,1-4H3,(H,20,24)(H,21,23). The Balaban J connectivity index is 1.57. The van der Waals surface area contributed by atoms with Gasteiger partial charge in [-0.25, -0.2) is 4.79 Å². The van der Waals surface area contributed by atoms with Crippen molar-refractivity contribution >= 4 is 17.6 Å². The minimum Gasteiger partial charge on any atom is -0.351 e. The summed E-state index contributed by atoms with van der Waals surface area (Å²) in [6, 6.07) is 6.24. The van der Waals surface area contributed by atoms with E-state index in [0.717, 1.165) is 42.7 Å². The molecule has 1 atom stereocenters. The highest BCUT2D eigenvalue weighted by Gasteiger charge is 2.51. The molecule has 2 heterocycles. The van der Waals surface area contributed by atoms with Crippen LogP contribution in [0.1, 0.15) is 37.8 Å². The molecule has 0 aliphatic carbocycles. The molecule has 2 fully saturated rings. The van der Waals surface area contributed by atoms with E-state index in [1.807, 2.05) is 50.8 Å². The molecule has 1 unspecified atom stereocenters. The second kappa shape index (κ2) is 6.11. The molecule has 5 heteroatoms. The van der Waals surface area contributed by atoms with Crippen LogP contribution in [0.25, 0.3) is 0 Å². The van der Waals surface area contributed by atoms with E-state index >= 15 is 0 Å². The summed E-state index contributed by atoms with van der Waals surface area (Å²) in [4.78, 5) is 26.1. The number of piperidine rings is 1. The van der Waals surface area contributed by atoms with E-state index in [1.165, 1.54) is 0 Å². The highest BCUT2D eigenvalue weighted by atomic mass is 16.2. The van der Waals surface area contributed by atoms with E-state index in [-0.39, 0.29) is 23.4 Å². The largest absolute Gasteiger partial charge is 0.351 e. The van der Waals surface area contributed by atoms with Crippen LogP contribution in [-0.4, -0.2) is 36.0 Å². The van der Waals surface area contributed by atoms with Gasteiger partial charge in [-0.15, -0.1) is 0 Å². The molecular weight excluding hydrogens is 302 g/mol. The fourth-order valence-electron chi connectivity index (χ4n) is 3.91. The van der Waals surface area contributed by atoms with E-state index in [9.17, 15) is 9.59 Å². The summed E-state index contributed by atoms with van der Waals surface area (Å²) < 4.78 is 0. The first-order valence-corrected chi connectivity index (χ1v) is 8.74. The predicted molar refractivity (Wildman–Crippen MR) is 94.9 cm³/mol. The number of carbonyl (C=O) groups excluding carboxylic acids is 2. The molecule has 24 heavy (non-hydrogen) atoms. The van der Waals surface area contributed by atoms with Crippen molar-refractivity contribution in [3.05, 3.63) is 29.3 Å². The van der Waals surface area contributed by atoms with Crippen molar-refractivity contribution in [1.29, 1.82) is 0 Å². The van der Waals surface area contributed by atoms with Gasteiger partial charge in [0.15, 0.2) is 0 Å². The van der Waals surface area contributed by atoms with Crippen LogP contribution in [0.5, 0.6) is 0 Å². The Labute approximate surface area is 143 Å². The van der Waals surface area contributed by atoms with Crippen LogP contribution in [0.4, 0.5) is 10.5 Å². The molecule has 0 aromatic heterocycles. The normalized spacial score (nSPS) is 23.4. The summed E-state index contributed by atoms with van der Waals surface area (Å²) in [5.74, 6) is 0.602. The van der Waals surface area contributed by atoms with E-state index in [1.54, 1.807) is 0 Å². The van der Waals surface area contributed by atoms with Gasteiger partial charge in [-0.1, -0.05) is 18.2 Å². The monoisotopic (exact) mass is 329 g/mol. The molecule has 0 saturated carbocycles.